The van der Waals surface area contributed by atoms with Crippen molar-refractivity contribution in [3.8, 4) is 0 Å². The number of H-pyrrole nitrogens is 1. The van der Waals surface area contributed by atoms with Crippen LogP contribution < -0.4 is 4.72 Å². The van der Waals surface area contributed by atoms with Crippen molar-refractivity contribution in [3.63, 3.8) is 0 Å². The molecule has 1 unspecified atom stereocenters. The van der Waals surface area contributed by atoms with Gasteiger partial charge in [0.1, 0.15) is 5.82 Å². The molecule has 5 rings (SSSR count). The molecule has 1 aliphatic rings. The van der Waals surface area contributed by atoms with Crippen LogP contribution in [0.25, 0.3) is 21.0 Å². The van der Waals surface area contributed by atoms with E-state index in [0.717, 1.165) is 45.1 Å². The van der Waals surface area contributed by atoms with Gasteiger partial charge >= 0.3 is 0 Å². The quantitative estimate of drug-likeness (QED) is 0.434. The van der Waals surface area contributed by atoms with Crippen molar-refractivity contribution in [3.05, 3.63) is 64.9 Å². The summed E-state index contributed by atoms with van der Waals surface area (Å²) in [6.45, 7) is 2.23. The van der Waals surface area contributed by atoms with Crippen LogP contribution in [-0.4, -0.2) is 19.7 Å². The smallest absolute Gasteiger partial charge is 0.229 e. The Balaban J connectivity index is 1.71. The Kier molecular flexibility index (Phi) is 4.05. The Bertz CT molecular complexity index is 1350. The lowest BCUT2D eigenvalue weighted by molar-refractivity contribution is 0.509. The molecule has 1 aliphatic carbocycles. The van der Waals surface area contributed by atoms with Gasteiger partial charge in [0.15, 0.2) is 0 Å². The van der Waals surface area contributed by atoms with Crippen molar-refractivity contribution in [2.24, 2.45) is 5.92 Å². The second-order valence-corrected chi connectivity index (χ2v) is 10.9. The number of sulfonamides is 1. The van der Waals surface area contributed by atoms with Gasteiger partial charge in [0.25, 0.3) is 0 Å². The monoisotopic (exact) mass is 428 g/mol. The second kappa shape index (κ2) is 6.31. The predicted octanol–water partition coefficient (Wildman–Crippen LogP) is 5.61. The minimum Gasteiger partial charge on any atom is -0.359 e. The zero-order chi connectivity index (χ0) is 20.4. The van der Waals surface area contributed by atoms with Crippen LogP contribution in [0.2, 0.25) is 0 Å². The summed E-state index contributed by atoms with van der Waals surface area (Å²) in [5.41, 5.74) is 2.17. The van der Waals surface area contributed by atoms with E-state index in [-0.39, 0.29) is 11.2 Å². The third-order valence-corrected chi connectivity index (χ3v) is 7.91. The van der Waals surface area contributed by atoms with Gasteiger partial charge in [0.05, 0.1) is 17.5 Å². The molecule has 0 saturated heterocycles. The van der Waals surface area contributed by atoms with Crippen molar-refractivity contribution in [2.45, 2.75) is 25.2 Å². The molecule has 0 bridgehead atoms. The van der Waals surface area contributed by atoms with Gasteiger partial charge in [-0.2, -0.15) is 0 Å². The van der Waals surface area contributed by atoms with Crippen molar-refractivity contribution in [2.75, 3.05) is 11.0 Å². The van der Waals surface area contributed by atoms with E-state index in [9.17, 15) is 12.8 Å². The van der Waals surface area contributed by atoms with Gasteiger partial charge in [-0.1, -0.05) is 25.1 Å². The van der Waals surface area contributed by atoms with Gasteiger partial charge in [0.2, 0.25) is 10.0 Å². The third kappa shape index (κ3) is 3.04. The highest BCUT2D eigenvalue weighted by atomic mass is 32.2. The second-order valence-electron chi connectivity index (χ2n) is 8.04. The molecule has 1 saturated carbocycles. The Labute approximate surface area is 172 Å². The molecule has 0 aliphatic heterocycles. The minimum absolute atomic E-state index is 0.193. The van der Waals surface area contributed by atoms with Gasteiger partial charge in [0, 0.05) is 32.0 Å². The highest BCUT2D eigenvalue weighted by Crippen LogP contribution is 2.55. The lowest BCUT2D eigenvalue weighted by atomic mass is 9.76. The fourth-order valence-corrected chi connectivity index (χ4v) is 6.25. The van der Waals surface area contributed by atoms with Crippen LogP contribution in [0.5, 0.6) is 0 Å². The fraction of sp³-hybridized carbons (Fsp3) is 0.273. The molecule has 29 heavy (non-hydrogen) atoms. The van der Waals surface area contributed by atoms with Crippen LogP contribution in [0.15, 0.2) is 48.7 Å². The highest BCUT2D eigenvalue weighted by molar-refractivity contribution is 7.92. The first kappa shape index (κ1) is 18.6. The molecule has 7 heteroatoms. The Morgan fingerprint density at radius 3 is 2.62 bits per heavy atom. The highest BCUT2D eigenvalue weighted by Gasteiger charge is 2.46. The summed E-state index contributed by atoms with van der Waals surface area (Å²) < 4.78 is 41.4. The van der Waals surface area contributed by atoms with Crippen LogP contribution in [0.4, 0.5) is 10.1 Å². The van der Waals surface area contributed by atoms with E-state index in [1.807, 2.05) is 30.5 Å². The Morgan fingerprint density at radius 2 is 1.93 bits per heavy atom. The van der Waals surface area contributed by atoms with E-state index in [1.165, 1.54) is 6.07 Å². The molecule has 0 radical (unpaired) electrons. The number of hydrogen-bond acceptors (Lipinski definition) is 3. The van der Waals surface area contributed by atoms with E-state index < -0.39 is 10.0 Å². The molecule has 2 aromatic carbocycles. The topological polar surface area (TPSA) is 62.0 Å². The molecule has 4 nitrogen and oxygen atoms in total. The molecule has 1 fully saturated rings. The van der Waals surface area contributed by atoms with Crippen molar-refractivity contribution in [1.82, 2.24) is 4.98 Å². The number of fused-ring (bicyclic) bond motifs is 2. The lowest BCUT2D eigenvalue weighted by Crippen LogP contribution is -2.24. The van der Waals surface area contributed by atoms with Crippen LogP contribution in [0.1, 0.15) is 30.2 Å². The van der Waals surface area contributed by atoms with Crippen LogP contribution in [0, 0.1) is 11.7 Å². The zero-order valence-electron chi connectivity index (χ0n) is 16.1. The van der Waals surface area contributed by atoms with Gasteiger partial charge in [-0.05, 0) is 48.6 Å². The third-order valence-electron chi connectivity index (χ3n) is 5.98. The molecule has 150 valence electrons. The molecular weight excluding hydrogens is 407 g/mol. The molecule has 0 amide bonds. The van der Waals surface area contributed by atoms with Crippen LogP contribution in [-0.2, 0) is 15.4 Å². The molecule has 0 spiro atoms. The molecule has 2 aromatic heterocycles. The van der Waals surface area contributed by atoms with E-state index in [4.69, 9.17) is 0 Å². The van der Waals surface area contributed by atoms with E-state index in [0.29, 0.717) is 17.0 Å². The summed E-state index contributed by atoms with van der Waals surface area (Å²) in [5.74, 6) is 0.283. The van der Waals surface area contributed by atoms with Gasteiger partial charge in [-0.25, -0.2) is 12.8 Å². The Hall–Kier alpha value is -2.38. The van der Waals surface area contributed by atoms with Crippen molar-refractivity contribution in [1.29, 1.82) is 0 Å². The zero-order valence-corrected chi connectivity index (χ0v) is 17.8. The van der Waals surface area contributed by atoms with Gasteiger partial charge in [-0.15, -0.1) is 11.3 Å². The van der Waals surface area contributed by atoms with Crippen LogP contribution >= 0.6 is 11.3 Å². The van der Waals surface area contributed by atoms with Gasteiger partial charge < -0.3 is 4.98 Å². The maximum absolute atomic E-state index is 14.3. The van der Waals surface area contributed by atoms with Crippen molar-refractivity contribution >= 4 is 48.0 Å². The number of aromatic nitrogens is 1. The first-order valence-electron chi connectivity index (χ1n) is 9.54. The number of rotatable bonds is 5. The van der Waals surface area contributed by atoms with Crippen LogP contribution in [0.3, 0.4) is 0 Å². The molecule has 2 N–H and O–H groups in total. The van der Waals surface area contributed by atoms with E-state index in [1.54, 1.807) is 23.5 Å². The molecule has 2 heterocycles. The van der Waals surface area contributed by atoms with Crippen molar-refractivity contribution < 1.29 is 12.8 Å². The Morgan fingerprint density at radius 1 is 1.17 bits per heavy atom. The number of aromatic amines is 1. The predicted molar refractivity (Wildman–Crippen MR) is 118 cm³/mol. The number of hydrogen-bond donors (Lipinski definition) is 2. The summed E-state index contributed by atoms with van der Waals surface area (Å²) in [6, 6.07) is 12.8. The summed E-state index contributed by atoms with van der Waals surface area (Å²) in [7, 11) is -3.38. The number of benzene rings is 2. The SMILES string of the molecule is CC(c1cc2c(F)cccc2s1)(c1c[nH]c2c(NS(C)(=O)=O)cccc12)C1CC1. The maximum Gasteiger partial charge on any atom is 0.229 e. The maximum atomic E-state index is 14.3. The molecule has 4 aromatic rings. The largest absolute Gasteiger partial charge is 0.359 e. The van der Waals surface area contributed by atoms with E-state index >= 15 is 0 Å². The number of para-hydroxylation sites is 1. The first-order valence-corrected chi connectivity index (χ1v) is 12.2. The summed E-state index contributed by atoms with van der Waals surface area (Å²) in [4.78, 5) is 4.43. The average molecular weight is 429 g/mol. The fourth-order valence-electron chi connectivity index (χ4n) is 4.36. The van der Waals surface area contributed by atoms with Gasteiger partial charge in [-0.3, -0.25) is 4.72 Å². The number of nitrogens with one attached hydrogen (secondary N) is 2. The molecule has 1 atom stereocenters. The lowest BCUT2D eigenvalue weighted by Gasteiger charge is -2.29. The summed E-state index contributed by atoms with van der Waals surface area (Å²) >= 11 is 1.64. The van der Waals surface area contributed by atoms with E-state index in [2.05, 4.69) is 16.6 Å². The summed E-state index contributed by atoms with van der Waals surface area (Å²) in [5, 5.41) is 1.66. The minimum atomic E-state index is -3.38. The molecular formula is C22H21FN2O2S2. The first-order chi connectivity index (χ1) is 13.8. The average Bonchev–Trinajstić information content (AvgIpc) is 3.26. The number of anilines is 1. The number of halogens is 1. The standard InChI is InChI=1S/C22H21FN2O2S2/c1-22(13-9-10-13,20-11-15-17(23)6-4-8-19(15)28-20)16-12-24-21-14(16)5-3-7-18(21)25-29(2,26)27/h3-8,11-13,24-25H,9-10H2,1-2H3. The summed E-state index contributed by atoms with van der Waals surface area (Å²) in [6.07, 6.45) is 5.38. The number of thiophene rings is 1. The normalized spacial score (nSPS) is 16.9.